The van der Waals surface area contributed by atoms with Crippen molar-refractivity contribution >= 4 is 16.8 Å². The second-order valence-corrected chi connectivity index (χ2v) is 4.80. The van der Waals surface area contributed by atoms with Crippen LogP contribution in [0, 0.1) is 20.8 Å². The van der Waals surface area contributed by atoms with E-state index >= 15 is 0 Å². The third kappa shape index (κ3) is 2.35. The molecular formula is C15H18N2O. The number of primary amides is 1. The highest BCUT2D eigenvalue weighted by atomic mass is 16.1. The average molecular weight is 242 g/mol. The van der Waals surface area contributed by atoms with Gasteiger partial charge in [0.2, 0.25) is 5.91 Å². The first-order valence-corrected chi connectivity index (χ1v) is 6.14. The quantitative estimate of drug-likeness (QED) is 0.899. The molecule has 2 N–H and O–H groups in total. The third-order valence-electron chi connectivity index (χ3n) is 3.39. The number of hydrogen-bond acceptors (Lipinski definition) is 2. The number of aryl methyl sites for hydroxylation is 4. The van der Waals surface area contributed by atoms with Gasteiger partial charge in [-0.3, -0.25) is 9.78 Å². The van der Waals surface area contributed by atoms with Crippen molar-refractivity contribution in [1.82, 2.24) is 4.98 Å². The Labute approximate surface area is 107 Å². The number of benzene rings is 1. The van der Waals surface area contributed by atoms with E-state index in [9.17, 15) is 4.79 Å². The van der Waals surface area contributed by atoms with Gasteiger partial charge in [-0.15, -0.1) is 0 Å². The predicted octanol–water partition coefficient (Wildman–Crippen LogP) is 2.58. The lowest BCUT2D eigenvalue weighted by Crippen LogP contribution is -2.11. The molecule has 18 heavy (non-hydrogen) atoms. The van der Waals surface area contributed by atoms with Crippen LogP contribution in [-0.4, -0.2) is 10.9 Å². The minimum Gasteiger partial charge on any atom is -0.370 e. The van der Waals surface area contributed by atoms with Gasteiger partial charge in [0, 0.05) is 17.5 Å². The number of fused-ring (bicyclic) bond motifs is 1. The molecule has 1 aromatic heterocycles. The van der Waals surface area contributed by atoms with Gasteiger partial charge in [0.05, 0.1) is 5.52 Å². The zero-order valence-electron chi connectivity index (χ0n) is 11.1. The fourth-order valence-electron chi connectivity index (χ4n) is 2.15. The van der Waals surface area contributed by atoms with Crippen LogP contribution in [-0.2, 0) is 11.2 Å². The molecule has 0 spiro atoms. The van der Waals surface area contributed by atoms with Crippen LogP contribution in [0.1, 0.15) is 28.8 Å². The van der Waals surface area contributed by atoms with E-state index in [1.165, 1.54) is 22.1 Å². The molecule has 2 aromatic rings. The van der Waals surface area contributed by atoms with Gasteiger partial charge in [-0.1, -0.05) is 12.1 Å². The summed E-state index contributed by atoms with van der Waals surface area (Å²) in [5.41, 5.74) is 10.8. The van der Waals surface area contributed by atoms with Crippen LogP contribution < -0.4 is 5.73 Å². The molecule has 3 heteroatoms. The summed E-state index contributed by atoms with van der Waals surface area (Å²) in [5, 5.41) is 1.18. The van der Waals surface area contributed by atoms with Crippen LogP contribution in [0.3, 0.4) is 0 Å². The standard InChI is InChI=1S/C15H18N2O/c1-9-4-6-13-10(2)8-12(5-7-14(16)18)17-15(13)11(9)3/h4,6,8H,5,7H2,1-3H3,(H2,16,18). The molecule has 0 saturated heterocycles. The number of carbonyl (C=O) groups excluding carboxylic acids is 1. The van der Waals surface area contributed by atoms with Crippen LogP contribution in [0.15, 0.2) is 18.2 Å². The fourth-order valence-corrected chi connectivity index (χ4v) is 2.15. The summed E-state index contributed by atoms with van der Waals surface area (Å²) < 4.78 is 0. The molecule has 94 valence electrons. The molecule has 0 saturated carbocycles. The van der Waals surface area contributed by atoms with Gasteiger partial charge in [-0.05, 0) is 49.9 Å². The Bertz CT molecular complexity index is 617. The van der Waals surface area contributed by atoms with Crippen LogP contribution in [0.5, 0.6) is 0 Å². The molecular weight excluding hydrogens is 224 g/mol. The number of rotatable bonds is 3. The number of amides is 1. The SMILES string of the molecule is Cc1ccc2c(C)cc(CCC(N)=O)nc2c1C. The summed E-state index contributed by atoms with van der Waals surface area (Å²) in [6.45, 7) is 6.25. The van der Waals surface area contributed by atoms with Gasteiger partial charge in [0.15, 0.2) is 0 Å². The largest absolute Gasteiger partial charge is 0.370 e. The second-order valence-electron chi connectivity index (χ2n) is 4.80. The van der Waals surface area contributed by atoms with Crippen molar-refractivity contribution in [2.45, 2.75) is 33.6 Å². The normalized spacial score (nSPS) is 10.8. The lowest BCUT2D eigenvalue weighted by Gasteiger charge is -2.10. The van der Waals surface area contributed by atoms with Crippen molar-refractivity contribution in [3.63, 3.8) is 0 Å². The fraction of sp³-hybridized carbons (Fsp3) is 0.333. The highest BCUT2D eigenvalue weighted by molar-refractivity contribution is 5.86. The van der Waals surface area contributed by atoms with E-state index in [2.05, 4.69) is 37.9 Å². The van der Waals surface area contributed by atoms with Crippen LogP contribution >= 0.6 is 0 Å². The van der Waals surface area contributed by atoms with Crippen LogP contribution in [0.2, 0.25) is 0 Å². The number of nitrogens with two attached hydrogens (primary N) is 1. The third-order valence-corrected chi connectivity index (χ3v) is 3.39. The van der Waals surface area contributed by atoms with E-state index in [4.69, 9.17) is 5.73 Å². The van der Waals surface area contributed by atoms with Crippen molar-refractivity contribution in [3.05, 3.63) is 40.6 Å². The maximum Gasteiger partial charge on any atom is 0.217 e. The lowest BCUT2D eigenvalue weighted by molar-refractivity contribution is -0.118. The molecule has 0 radical (unpaired) electrons. The molecule has 1 heterocycles. The summed E-state index contributed by atoms with van der Waals surface area (Å²) in [7, 11) is 0. The number of nitrogens with zero attached hydrogens (tertiary/aromatic N) is 1. The van der Waals surface area contributed by atoms with Crippen LogP contribution in [0.4, 0.5) is 0 Å². The molecule has 0 fully saturated rings. The van der Waals surface area contributed by atoms with Crippen molar-refractivity contribution in [1.29, 1.82) is 0 Å². The topological polar surface area (TPSA) is 56.0 Å². The van der Waals surface area contributed by atoms with Gasteiger partial charge in [0.1, 0.15) is 0 Å². The molecule has 0 bridgehead atoms. The van der Waals surface area contributed by atoms with Crippen molar-refractivity contribution in [2.24, 2.45) is 5.73 Å². The molecule has 0 aliphatic rings. The Morgan fingerprint density at radius 2 is 1.94 bits per heavy atom. The minimum atomic E-state index is -0.282. The second kappa shape index (κ2) is 4.77. The molecule has 0 aliphatic heterocycles. The van der Waals surface area contributed by atoms with Crippen molar-refractivity contribution in [3.8, 4) is 0 Å². The van der Waals surface area contributed by atoms with Gasteiger partial charge < -0.3 is 5.73 Å². The lowest BCUT2D eigenvalue weighted by atomic mass is 10.0. The molecule has 0 atom stereocenters. The van der Waals surface area contributed by atoms with E-state index in [-0.39, 0.29) is 5.91 Å². The van der Waals surface area contributed by atoms with Gasteiger partial charge in [0.25, 0.3) is 0 Å². The summed E-state index contributed by atoms with van der Waals surface area (Å²) in [5.74, 6) is -0.282. The Hall–Kier alpha value is -1.90. The van der Waals surface area contributed by atoms with E-state index < -0.39 is 0 Å². The minimum absolute atomic E-state index is 0.282. The van der Waals surface area contributed by atoms with Gasteiger partial charge in [-0.2, -0.15) is 0 Å². The summed E-state index contributed by atoms with van der Waals surface area (Å²) in [4.78, 5) is 15.5. The van der Waals surface area contributed by atoms with E-state index in [1.54, 1.807) is 0 Å². The maximum atomic E-state index is 10.8. The van der Waals surface area contributed by atoms with E-state index in [0.29, 0.717) is 12.8 Å². The van der Waals surface area contributed by atoms with E-state index in [1.807, 2.05) is 6.07 Å². The first kappa shape index (κ1) is 12.6. The van der Waals surface area contributed by atoms with Gasteiger partial charge in [-0.25, -0.2) is 0 Å². The summed E-state index contributed by atoms with van der Waals surface area (Å²) in [6.07, 6.45) is 0.961. The Morgan fingerprint density at radius 1 is 1.22 bits per heavy atom. The first-order chi connectivity index (χ1) is 8.49. The zero-order chi connectivity index (χ0) is 13.3. The molecule has 1 aromatic carbocycles. The number of aromatic nitrogens is 1. The predicted molar refractivity (Wildman–Crippen MR) is 73.5 cm³/mol. The zero-order valence-corrected chi connectivity index (χ0v) is 11.1. The smallest absolute Gasteiger partial charge is 0.217 e. The Morgan fingerprint density at radius 3 is 2.61 bits per heavy atom. The number of carbonyl (C=O) groups is 1. The molecule has 3 nitrogen and oxygen atoms in total. The molecule has 0 unspecified atom stereocenters. The number of pyridine rings is 1. The molecule has 1 amide bonds. The highest BCUT2D eigenvalue weighted by Gasteiger charge is 2.07. The van der Waals surface area contributed by atoms with Crippen molar-refractivity contribution < 1.29 is 4.79 Å². The highest BCUT2D eigenvalue weighted by Crippen LogP contribution is 2.23. The maximum absolute atomic E-state index is 10.8. The average Bonchev–Trinajstić information content (AvgIpc) is 2.32. The Kier molecular flexibility index (Phi) is 3.32. The van der Waals surface area contributed by atoms with E-state index in [0.717, 1.165) is 11.2 Å². The van der Waals surface area contributed by atoms with Crippen molar-refractivity contribution in [2.75, 3.05) is 0 Å². The summed E-state index contributed by atoms with van der Waals surface area (Å²) >= 11 is 0. The van der Waals surface area contributed by atoms with Gasteiger partial charge >= 0.3 is 0 Å². The monoisotopic (exact) mass is 242 g/mol. The summed E-state index contributed by atoms with van der Waals surface area (Å²) in [6, 6.07) is 6.27. The molecule has 0 aliphatic carbocycles. The molecule has 2 rings (SSSR count). The van der Waals surface area contributed by atoms with Crippen LogP contribution in [0.25, 0.3) is 10.9 Å². The Balaban J connectivity index is 2.52. The first-order valence-electron chi connectivity index (χ1n) is 6.14. The number of hydrogen-bond donors (Lipinski definition) is 1.